The first-order valence-electron chi connectivity index (χ1n) is 8.63. The van der Waals surface area contributed by atoms with E-state index in [2.05, 4.69) is 44.7 Å². The van der Waals surface area contributed by atoms with Gasteiger partial charge in [-0.25, -0.2) is 4.99 Å². The minimum Gasteiger partial charge on any atom is -0.357 e. The number of benzene rings is 1. The van der Waals surface area contributed by atoms with Gasteiger partial charge >= 0.3 is 0 Å². The van der Waals surface area contributed by atoms with Gasteiger partial charge in [0, 0.05) is 25.2 Å². The topological polar surface area (TPSA) is 65.5 Å². The smallest absolute Gasteiger partial charge is 0.224 e. The van der Waals surface area contributed by atoms with Crippen LogP contribution in [-0.4, -0.2) is 18.4 Å². The van der Waals surface area contributed by atoms with Crippen molar-refractivity contribution in [3.63, 3.8) is 0 Å². The zero-order chi connectivity index (χ0) is 17.9. The van der Waals surface area contributed by atoms with E-state index in [9.17, 15) is 4.79 Å². The predicted molar refractivity (Wildman–Crippen MR) is 106 cm³/mol. The van der Waals surface area contributed by atoms with Crippen LogP contribution in [0.1, 0.15) is 37.8 Å². The Kier molecular flexibility index (Phi) is 7.98. The fourth-order valence-corrected chi connectivity index (χ4v) is 2.90. The van der Waals surface area contributed by atoms with E-state index in [4.69, 9.17) is 0 Å². The molecule has 0 spiro atoms. The van der Waals surface area contributed by atoms with Gasteiger partial charge in [0.1, 0.15) is 0 Å². The average molecular weight is 359 g/mol. The predicted octanol–water partition coefficient (Wildman–Crippen LogP) is 3.74. The van der Waals surface area contributed by atoms with Crippen LogP contribution in [-0.2, 0) is 17.9 Å². The van der Waals surface area contributed by atoms with E-state index in [1.807, 2.05) is 31.2 Å². The molecular formula is C19H26N4OS. The first-order valence-corrected chi connectivity index (χ1v) is 9.57. The molecule has 3 N–H and O–H groups in total. The van der Waals surface area contributed by atoms with Gasteiger partial charge in [-0.3, -0.25) is 4.79 Å². The molecule has 0 fully saturated rings. The lowest BCUT2D eigenvalue weighted by atomic mass is 10.2. The van der Waals surface area contributed by atoms with Gasteiger partial charge in [0.05, 0.1) is 6.54 Å². The molecule has 1 heterocycles. The van der Waals surface area contributed by atoms with Crippen LogP contribution in [0.25, 0.3) is 0 Å². The van der Waals surface area contributed by atoms with Crippen LogP contribution in [0.3, 0.4) is 0 Å². The molecule has 0 aliphatic heterocycles. The zero-order valence-electron chi connectivity index (χ0n) is 14.8. The largest absolute Gasteiger partial charge is 0.357 e. The van der Waals surface area contributed by atoms with Crippen molar-refractivity contribution in [2.45, 2.75) is 39.8 Å². The Morgan fingerprint density at radius 2 is 1.88 bits per heavy atom. The molecule has 0 aliphatic rings. The molecule has 2 aromatic rings. The molecule has 0 saturated heterocycles. The van der Waals surface area contributed by atoms with Crippen molar-refractivity contribution in [2.24, 2.45) is 4.99 Å². The molecule has 5 nitrogen and oxygen atoms in total. The fourth-order valence-electron chi connectivity index (χ4n) is 2.24. The second kappa shape index (κ2) is 10.5. The number of anilines is 1. The van der Waals surface area contributed by atoms with E-state index in [1.165, 1.54) is 5.56 Å². The number of hydrogen-bond acceptors (Lipinski definition) is 3. The molecule has 0 aliphatic carbocycles. The lowest BCUT2D eigenvalue weighted by Gasteiger charge is -2.12. The van der Waals surface area contributed by atoms with Crippen LogP contribution in [0.2, 0.25) is 0 Å². The summed E-state index contributed by atoms with van der Waals surface area (Å²) in [6, 6.07) is 9.97. The van der Waals surface area contributed by atoms with Crippen molar-refractivity contribution >= 4 is 28.9 Å². The molecule has 0 atom stereocenters. The van der Waals surface area contributed by atoms with E-state index in [-0.39, 0.29) is 5.91 Å². The Bertz CT molecular complexity index is 665. The normalized spacial score (nSPS) is 11.2. The van der Waals surface area contributed by atoms with Crippen molar-refractivity contribution in [3.05, 3.63) is 52.2 Å². The molecule has 1 amide bonds. The Labute approximate surface area is 153 Å². The van der Waals surface area contributed by atoms with Crippen LogP contribution in [0.15, 0.2) is 46.1 Å². The summed E-state index contributed by atoms with van der Waals surface area (Å²) in [5, 5.41) is 13.7. The summed E-state index contributed by atoms with van der Waals surface area (Å²) >= 11 is 1.68. The van der Waals surface area contributed by atoms with Crippen molar-refractivity contribution in [3.8, 4) is 0 Å². The second-order valence-corrected chi connectivity index (χ2v) is 6.46. The first kappa shape index (κ1) is 19.0. The summed E-state index contributed by atoms with van der Waals surface area (Å²) in [6.45, 7) is 6.21. The molecule has 25 heavy (non-hydrogen) atoms. The van der Waals surface area contributed by atoms with E-state index >= 15 is 0 Å². The van der Waals surface area contributed by atoms with Crippen LogP contribution in [0, 0.1) is 0 Å². The summed E-state index contributed by atoms with van der Waals surface area (Å²) in [7, 11) is 0. The summed E-state index contributed by atoms with van der Waals surface area (Å²) < 4.78 is 0. The number of nitrogens with one attached hydrogen (secondary N) is 3. The van der Waals surface area contributed by atoms with Gasteiger partial charge in [-0.1, -0.05) is 19.1 Å². The van der Waals surface area contributed by atoms with E-state index < -0.39 is 0 Å². The minimum absolute atomic E-state index is 0.0587. The number of thiophene rings is 1. The summed E-state index contributed by atoms with van der Waals surface area (Å²) in [4.78, 5) is 16.2. The Morgan fingerprint density at radius 1 is 1.08 bits per heavy atom. The highest BCUT2D eigenvalue weighted by atomic mass is 32.1. The van der Waals surface area contributed by atoms with Gasteiger partial charge in [0.2, 0.25) is 5.91 Å². The number of carbonyl (C=O) groups is 1. The molecule has 2 rings (SSSR count). The molecule has 0 unspecified atom stereocenters. The van der Waals surface area contributed by atoms with Gasteiger partial charge in [0.15, 0.2) is 5.96 Å². The lowest BCUT2D eigenvalue weighted by Crippen LogP contribution is -2.36. The van der Waals surface area contributed by atoms with Gasteiger partial charge in [0.25, 0.3) is 0 Å². The first-order chi connectivity index (χ1) is 12.2. The Balaban J connectivity index is 1.87. The molecule has 1 aromatic carbocycles. The highest BCUT2D eigenvalue weighted by Crippen LogP contribution is 2.10. The number of hydrogen-bond donors (Lipinski definition) is 3. The fraction of sp³-hybridized carbons (Fsp3) is 0.368. The van der Waals surface area contributed by atoms with Gasteiger partial charge < -0.3 is 16.0 Å². The van der Waals surface area contributed by atoms with Gasteiger partial charge in [-0.15, -0.1) is 0 Å². The van der Waals surface area contributed by atoms with E-state index in [0.717, 1.165) is 30.2 Å². The van der Waals surface area contributed by atoms with Crippen molar-refractivity contribution < 1.29 is 4.79 Å². The monoisotopic (exact) mass is 358 g/mol. The molecule has 1 aromatic heterocycles. The summed E-state index contributed by atoms with van der Waals surface area (Å²) in [5.74, 6) is 0.859. The maximum Gasteiger partial charge on any atom is 0.224 e. The number of aliphatic imine (C=N–C) groups is 1. The van der Waals surface area contributed by atoms with Gasteiger partial charge in [-0.2, -0.15) is 11.3 Å². The molecule has 0 radical (unpaired) electrons. The highest BCUT2D eigenvalue weighted by molar-refractivity contribution is 7.07. The van der Waals surface area contributed by atoms with Crippen LogP contribution >= 0.6 is 11.3 Å². The Morgan fingerprint density at radius 3 is 2.52 bits per heavy atom. The third-order valence-corrected chi connectivity index (χ3v) is 4.25. The number of carbonyl (C=O) groups excluding carboxylic acids is 1. The summed E-state index contributed by atoms with van der Waals surface area (Å²) in [5.41, 5.74) is 3.18. The SMILES string of the molecule is CCCC(=O)Nc1ccc(CNC(=NCc2ccsc2)NCC)cc1. The van der Waals surface area contributed by atoms with Crippen molar-refractivity contribution in [1.29, 1.82) is 0 Å². The third-order valence-electron chi connectivity index (χ3n) is 3.52. The average Bonchev–Trinajstić information content (AvgIpc) is 3.12. The number of amides is 1. The third kappa shape index (κ3) is 6.97. The number of nitrogens with zero attached hydrogens (tertiary/aromatic N) is 1. The zero-order valence-corrected chi connectivity index (χ0v) is 15.7. The molecular weight excluding hydrogens is 332 g/mol. The Hall–Kier alpha value is -2.34. The van der Waals surface area contributed by atoms with Crippen LogP contribution in [0.5, 0.6) is 0 Å². The maximum absolute atomic E-state index is 11.6. The van der Waals surface area contributed by atoms with E-state index in [1.54, 1.807) is 11.3 Å². The minimum atomic E-state index is 0.0587. The molecule has 134 valence electrons. The van der Waals surface area contributed by atoms with Gasteiger partial charge in [-0.05, 0) is 53.4 Å². The van der Waals surface area contributed by atoms with Crippen LogP contribution in [0.4, 0.5) is 5.69 Å². The summed E-state index contributed by atoms with van der Waals surface area (Å²) in [6.07, 6.45) is 1.40. The van der Waals surface area contributed by atoms with Crippen molar-refractivity contribution in [2.75, 3.05) is 11.9 Å². The molecule has 0 bridgehead atoms. The molecule has 0 saturated carbocycles. The van der Waals surface area contributed by atoms with Crippen LogP contribution < -0.4 is 16.0 Å². The lowest BCUT2D eigenvalue weighted by molar-refractivity contribution is -0.116. The highest BCUT2D eigenvalue weighted by Gasteiger charge is 2.02. The van der Waals surface area contributed by atoms with Crippen molar-refractivity contribution in [1.82, 2.24) is 10.6 Å². The number of rotatable bonds is 8. The number of guanidine groups is 1. The quantitative estimate of drug-likeness (QED) is 0.497. The molecule has 6 heteroatoms. The van der Waals surface area contributed by atoms with E-state index in [0.29, 0.717) is 19.5 Å². The standard InChI is InChI=1S/C19H26N4OS/c1-3-5-18(24)23-17-8-6-15(7-9-17)12-21-19(20-4-2)22-13-16-10-11-25-14-16/h6-11,14H,3-5,12-13H2,1-2H3,(H,23,24)(H2,20,21,22). The second-order valence-electron chi connectivity index (χ2n) is 5.68. The maximum atomic E-state index is 11.6.